The highest BCUT2D eigenvalue weighted by molar-refractivity contribution is 6.18. The lowest BCUT2D eigenvalue weighted by Crippen LogP contribution is -2.29. The topological polar surface area (TPSA) is 73.1 Å². The Bertz CT molecular complexity index is 1280. The molecule has 7 nitrogen and oxygen atoms in total. The molecular weight excluding hydrogens is 545 g/mol. The SMILES string of the molecule is CCN(CCCl)c1cccc(N(C(=O)c2ccc(C(N)=O)cc2)c2cc(CN(C)C)cc(N(CC)CCCl)c2)c1. The van der Waals surface area contributed by atoms with Gasteiger partial charge in [-0.3, -0.25) is 14.5 Å². The number of benzene rings is 3. The molecule has 2 N–H and O–H groups in total. The molecule has 0 aliphatic rings. The van der Waals surface area contributed by atoms with Gasteiger partial charge in [-0.1, -0.05) is 6.07 Å². The number of nitrogens with zero attached hydrogens (tertiary/aromatic N) is 4. The van der Waals surface area contributed by atoms with Gasteiger partial charge in [0.15, 0.2) is 0 Å². The van der Waals surface area contributed by atoms with Crippen LogP contribution in [0.5, 0.6) is 0 Å². The highest BCUT2D eigenvalue weighted by atomic mass is 35.5. The molecule has 0 saturated heterocycles. The van der Waals surface area contributed by atoms with Gasteiger partial charge >= 0.3 is 0 Å². The number of rotatable bonds is 14. The van der Waals surface area contributed by atoms with E-state index in [2.05, 4.69) is 40.7 Å². The summed E-state index contributed by atoms with van der Waals surface area (Å²) in [5.41, 5.74) is 10.7. The number of anilines is 4. The van der Waals surface area contributed by atoms with Crippen molar-refractivity contribution in [2.45, 2.75) is 20.4 Å². The minimum absolute atomic E-state index is 0.220. The molecule has 214 valence electrons. The molecule has 9 heteroatoms. The third kappa shape index (κ3) is 7.90. The smallest absolute Gasteiger partial charge is 0.262 e. The first-order chi connectivity index (χ1) is 19.2. The van der Waals surface area contributed by atoms with Crippen molar-refractivity contribution >= 4 is 57.8 Å². The summed E-state index contributed by atoms with van der Waals surface area (Å²) < 4.78 is 0. The van der Waals surface area contributed by atoms with E-state index in [1.165, 1.54) is 0 Å². The summed E-state index contributed by atoms with van der Waals surface area (Å²) in [5.74, 6) is 0.228. The van der Waals surface area contributed by atoms with E-state index in [9.17, 15) is 9.59 Å². The molecule has 40 heavy (non-hydrogen) atoms. The maximum atomic E-state index is 14.2. The van der Waals surface area contributed by atoms with Gasteiger partial charge in [0.05, 0.1) is 11.4 Å². The van der Waals surface area contributed by atoms with Crippen LogP contribution in [0.1, 0.15) is 40.1 Å². The summed E-state index contributed by atoms with van der Waals surface area (Å²) in [5, 5.41) is 0. The number of carbonyl (C=O) groups is 2. The molecule has 3 rings (SSSR count). The largest absolute Gasteiger partial charge is 0.371 e. The summed E-state index contributed by atoms with van der Waals surface area (Å²) in [6, 6.07) is 20.6. The van der Waals surface area contributed by atoms with Crippen molar-refractivity contribution < 1.29 is 9.59 Å². The molecule has 0 aliphatic carbocycles. The zero-order valence-electron chi connectivity index (χ0n) is 23.7. The van der Waals surface area contributed by atoms with Gasteiger partial charge in [-0.05, 0) is 94.2 Å². The Morgan fingerprint density at radius 1 is 0.725 bits per heavy atom. The third-order valence-corrected chi connectivity index (χ3v) is 6.97. The number of primary amides is 1. The fourth-order valence-electron chi connectivity index (χ4n) is 4.69. The summed E-state index contributed by atoms with van der Waals surface area (Å²) in [6.45, 7) is 7.81. The van der Waals surface area contributed by atoms with E-state index in [-0.39, 0.29) is 5.91 Å². The highest BCUT2D eigenvalue weighted by Crippen LogP contribution is 2.34. The Labute approximate surface area is 248 Å². The second-order valence-electron chi connectivity index (χ2n) is 9.73. The van der Waals surface area contributed by atoms with Crippen molar-refractivity contribution in [3.05, 3.63) is 83.4 Å². The van der Waals surface area contributed by atoms with Gasteiger partial charge in [0.25, 0.3) is 5.91 Å². The molecule has 0 bridgehead atoms. The Kier molecular flexibility index (Phi) is 11.7. The number of nitrogens with two attached hydrogens (primary N) is 1. The van der Waals surface area contributed by atoms with Gasteiger partial charge in [-0.2, -0.15) is 0 Å². The molecule has 3 aromatic carbocycles. The van der Waals surface area contributed by atoms with Gasteiger partial charge in [0.1, 0.15) is 0 Å². The molecule has 0 spiro atoms. The van der Waals surface area contributed by atoms with Crippen LogP contribution >= 0.6 is 23.2 Å². The normalized spacial score (nSPS) is 11.0. The lowest BCUT2D eigenvalue weighted by atomic mass is 10.1. The second kappa shape index (κ2) is 14.9. The van der Waals surface area contributed by atoms with Gasteiger partial charge in [-0.15, -0.1) is 23.2 Å². The number of hydrogen-bond donors (Lipinski definition) is 1. The average molecular weight is 585 g/mol. The van der Waals surface area contributed by atoms with E-state index in [1.54, 1.807) is 29.2 Å². The Hall–Kier alpha value is -3.26. The number of carbonyl (C=O) groups excluding carboxylic acids is 2. The van der Waals surface area contributed by atoms with Gasteiger partial charge in [0.2, 0.25) is 5.91 Å². The van der Waals surface area contributed by atoms with Crippen molar-refractivity contribution in [2.24, 2.45) is 5.73 Å². The van der Waals surface area contributed by atoms with Crippen molar-refractivity contribution in [3.63, 3.8) is 0 Å². The van der Waals surface area contributed by atoms with Crippen LogP contribution in [0.2, 0.25) is 0 Å². The molecular formula is C31H39Cl2N5O2. The van der Waals surface area contributed by atoms with Crippen LogP contribution in [0.4, 0.5) is 22.7 Å². The number of hydrogen-bond acceptors (Lipinski definition) is 5. The molecule has 0 fully saturated rings. The maximum Gasteiger partial charge on any atom is 0.262 e. The molecule has 0 unspecified atom stereocenters. The van der Waals surface area contributed by atoms with Gasteiger partial charge in [0, 0.05) is 67.0 Å². The Balaban J connectivity index is 2.23. The quantitative estimate of drug-likeness (QED) is 0.237. The standard InChI is InChI=1S/C31H39Cl2N5O2/c1-5-36(16-14-32)26-8-7-9-27(20-26)38(31(40)25-12-10-24(11-13-25)30(34)39)29-19-23(22-35(3)4)18-28(21-29)37(6-2)17-15-33/h7-13,18-21H,5-6,14-17,22H2,1-4H3,(H2,34,39). The summed E-state index contributed by atoms with van der Waals surface area (Å²) >= 11 is 12.2. The van der Waals surface area contributed by atoms with E-state index in [4.69, 9.17) is 28.9 Å². The number of alkyl halides is 2. The zero-order chi connectivity index (χ0) is 29.2. The first kappa shape index (κ1) is 31.3. The molecule has 2 amide bonds. The van der Waals surface area contributed by atoms with Crippen molar-refractivity contribution in [2.75, 3.05) is 66.7 Å². The Morgan fingerprint density at radius 3 is 1.80 bits per heavy atom. The van der Waals surface area contributed by atoms with Crippen LogP contribution in [0.3, 0.4) is 0 Å². The van der Waals surface area contributed by atoms with Crippen molar-refractivity contribution in [3.8, 4) is 0 Å². The first-order valence-corrected chi connectivity index (χ1v) is 14.5. The number of halogens is 2. The van der Waals surface area contributed by atoms with E-state index in [0.29, 0.717) is 42.5 Å². The fraction of sp³-hybridized carbons (Fsp3) is 0.355. The molecule has 0 aliphatic heterocycles. The summed E-state index contributed by atoms with van der Waals surface area (Å²) in [4.78, 5) is 34.1. The van der Waals surface area contributed by atoms with Crippen LogP contribution in [0.15, 0.2) is 66.7 Å². The minimum Gasteiger partial charge on any atom is -0.371 e. The van der Waals surface area contributed by atoms with Gasteiger partial charge in [-0.25, -0.2) is 0 Å². The van der Waals surface area contributed by atoms with E-state index in [1.807, 2.05) is 44.4 Å². The maximum absolute atomic E-state index is 14.2. The molecule has 0 heterocycles. The predicted octanol–water partition coefficient (Wildman–Crippen LogP) is 5.96. The monoisotopic (exact) mass is 583 g/mol. The van der Waals surface area contributed by atoms with Crippen LogP contribution in [-0.4, -0.2) is 68.7 Å². The van der Waals surface area contributed by atoms with Gasteiger partial charge < -0.3 is 20.4 Å². The van der Waals surface area contributed by atoms with Crippen molar-refractivity contribution in [1.29, 1.82) is 0 Å². The average Bonchev–Trinajstić information content (AvgIpc) is 2.94. The molecule has 0 aromatic heterocycles. The minimum atomic E-state index is -0.539. The predicted molar refractivity (Wildman–Crippen MR) is 169 cm³/mol. The van der Waals surface area contributed by atoms with Crippen molar-refractivity contribution in [1.82, 2.24) is 4.90 Å². The molecule has 0 radical (unpaired) electrons. The second-order valence-corrected chi connectivity index (χ2v) is 10.5. The van der Waals surface area contributed by atoms with Crippen LogP contribution in [0.25, 0.3) is 0 Å². The highest BCUT2D eigenvalue weighted by Gasteiger charge is 2.23. The van der Waals surface area contributed by atoms with Crippen LogP contribution in [0, 0.1) is 0 Å². The van der Waals surface area contributed by atoms with Crippen LogP contribution < -0.4 is 20.4 Å². The lowest BCUT2D eigenvalue weighted by Gasteiger charge is -2.29. The molecule has 0 atom stereocenters. The number of amides is 2. The van der Waals surface area contributed by atoms with E-state index >= 15 is 0 Å². The van der Waals surface area contributed by atoms with Crippen LogP contribution in [-0.2, 0) is 6.54 Å². The summed E-state index contributed by atoms with van der Waals surface area (Å²) in [7, 11) is 4.04. The lowest BCUT2D eigenvalue weighted by molar-refractivity contribution is 0.0988. The summed E-state index contributed by atoms with van der Waals surface area (Å²) in [6.07, 6.45) is 0. The fourth-order valence-corrected chi connectivity index (χ4v) is 5.09. The zero-order valence-corrected chi connectivity index (χ0v) is 25.3. The molecule has 0 saturated carbocycles. The first-order valence-electron chi connectivity index (χ1n) is 13.5. The van der Waals surface area contributed by atoms with E-state index < -0.39 is 5.91 Å². The Morgan fingerprint density at radius 2 is 1.25 bits per heavy atom. The van der Waals surface area contributed by atoms with E-state index in [0.717, 1.165) is 41.4 Å². The molecule has 3 aromatic rings. The third-order valence-electron chi connectivity index (χ3n) is 6.63.